The van der Waals surface area contributed by atoms with E-state index < -0.39 is 0 Å². The lowest BCUT2D eigenvalue weighted by molar-refractivity contribution is -0.114. The Bertz CT molecular complexity index is 357. The molecule has 0 aliphatic carbocycles. The zero-order valence-electron chi connectivity index (χ0n) is 6.75. The molecule has 0 radical (unpaired) electrons. The monoisotopic (exact) mass is 238 g/mol. The highest BCUT2D eigenvalue weighted by molar-refractivity contribution is 9.10. The number of carbonyl (C=O) groups excluding carboxylic acids is 1. The van der Waals surface area contributed by atoms with Gasteiger partial charge in [0, 0.05) is 4.47 Å². The van der Waals surface area contributed by atoms with Gasteiger partial charge in [-0.1, -0.05) is 12.1 Å². The molecular formula is C9H7BrN2O. The second-order valence-electron chi connectivity index (χ2n) is 2.34. The lowest BCUT2D eigenvalue weighted by atomic mass is 10.3. The predicted molar refractivity (Wildman–Crippen MR) is 54.2 cm³/mol. The van der Waals surface area contributed by atoms with Gasteiger partial charge in [0.1, 0.15) is 0 Å². The lowest BCUT2D eigenvalue weighted by Gasteiger charge is -2.02. The number of benzene rings is 1. The summed E-state index contributed by atoms with van der Waals surface area (Å²) in [7, 11) is 0. The van der Waals surface area contributed by atoms with Crippen molar-refractivity contribution in [1.82, 2.24) is 0 Å². The van der Waals surface area contributed by atoms with Crippen LogP contribution in [0.2, 0.25) is 0 Å². The molecule has 0 saturated heterocycles. The highest BCUT2D eigenvalue weighted by Gasteiger charge is 2.05. The molecule has 13 heavy (non-hydrogen) atoms. The molecule has 0 heterocycles. The highest BCUT2D eigenvalue weighted by atomic mass is 79.9. The molecule has 1 N–H and O–H groups in total. The van der Waals surface area contributed by atoms with Crippen molar-refractivity contribution in [2.24, 2.45) is 0 Å². The minimum atomic E-state index is -0.290. The van der Waals surface area contributed by atoms with Gasteiger partial charge in [0.2, 0.25) is 0 Å². The molecule has 0 fully saturated rings. The van der Waals surface area contributed by atoms with Crippen molar-refractivity contribution in [3.63, 3.8) is 0 Å². The van der Waals surface area contributed by atoms with E-state index in [0.29, 0.717) is 5.69 Å². The van der Waals surface area contributed by atoms with Crippen molar-refractivity contribution >= 4 is 27.5 Å². The SMILES string of the molecule is [C-]#[N+]CC(=O)Nc1ccccc1Br. The number of halogens is 1. The van der Waals surface area contributed by atoms with Gasteiger partial charge >= 0.3 is 5.91 Å². The van der Waals surface area contributed by atoms with Gasteiger partial charge in [-0.2, -0.15) is 0 Å². The fourth-order valence-corrected chi connectivity index (χ4v) is 1.21. The Hall–Kier alpha value is -1.34. The number of anilines is 1. The summed E-state index contributed by atoms with van der Waals surface area (Å²) in [5.41, 5.74) is 0.691. The summed E-state index contributed by atoms with van der Waals surface area (Å²) in [6, 6.07) is 7.27. The maximum Gasteiger partial charge on any atom is 0.304 e. The number of nitrogens with one attached hydrogen (secondary N) is 1. The minimum Gasteiger partial charge on any atom is -0.319 e. The van der Waals surface area contributed by atoms with Crippen molar-refractivity contribution < 1.29 is 4.79 Å². The topological polar surface area (TPSA) is 33.5 Å². The van der Waals surface area contributed by atoms with Crippen LogP contribution in [0.5, 0.6) is 0 Å². The summed E-state index contributed by atoms with van der Waals surface area (Å²) in [6.45, 7) is 6.37. The van der Waals surface area contributed by atoms with Gasteiger partial charge < -0.3 is 10.2 Å². The Balaban J connectivity index is 2.70. The first kappa shape index (κ1) is 9.75. The Morgan fingerprint density at radius 3 is 2.85 bits per heavy atom. The fraction of sp³-hybridized carbons (Fsp3) is 0.111. The van der Waals surface area contributed by atoms with Crippen molar-refractivity contribution in [2.75, 3.05) is 11.9 Å². The van der Waals surface area contributed by atoms with Gasteiger partial charge in [-0.15, -0.1) is 0 Å². The summed E-state index contributed by atoms with van der Waals surface area (Å²) >= 11 is 3.28. The van der Waals surface area contributed by atoms with Crippen LogP contribution >= 0.6 is 15.9 Å². The second-order valence-corrected chi connectivity index (χ2v) is 3.20. The van der Waals surface area contributed by atoms with Crippen molar-refractivity contribution in [1.29, 1.82) is 0 Å². The molecule has 66 valence electrons. The van der Waals surface area contributed by atoms with Crippen molar-refractivity contribution in [3.8, 4) is 0 Å². The largest absolute Gasteiger partial charge is 0.319 e. The van der Waals surface area contributed by atoms with Crippen LogP contribution in [0.3, 0.4) is 0 Å². The molecule has 0 aliphatic rings. The van der Waals surface area contributed by atoms with Crippen LogP contribution in [-0.4, -0.2) is 12.5 Å². The Labute approximate surface area is 84.7 Å². The number of nitrogens with zero attached hydrogens (tertiary/aromatic N) is 1. The molecule has 1 aromatic carbocycles. The lowest BCUT2D eigenvalue weighted by Crippen LogP contribution is -2.13. The van der Waals surface area contributed by atoms with E-state index in [1.165, 1.54) is 0 Å². The van der Waals surface area contributed by atoms with Crippen molar-refractivity contribution in [3.05, 3.63) is 40.2 Å². The molecular weight excluding hydrogens is 232 g/mol. The minimum absolute atomic E-state index is 0.138. The maximum atomic E-state index is 11.0. The summed E-state index contributed by atoms with van der Waals surface area (Å²) in [5.74, 6) is -0.290. The molecule has 3 nitrogen and oxygen atoms in total. The van der Waals surface area contributed by atoms with E-state index in [4.69, 9.17) is 6.57 Å². The molecule has 0 spiro atoms. The quantitative estimate of drug-likeness (QED) is 0.789. The van der Waals surface area contributed by atoms with Gasteiger partial charge in [-0.25, -0.2) is 6.57 Å². The Morgan fingerprint density at radius 2 is 2.23 bits per heavy atom. The van der Waals surface area contributed by atoms with Crippen LogP contribution in [0.15, 0.2) is 28.7 Å². The average Bonchev–Trinajstić information content (AvgIpc) is 2.09. The van der Waals surface area contributed by atoms with Crippen LogP contribution in [0.4, 0.5) is 5.69 Å². The average molecular weight is 239 g/mol. The first-order valence-electron chi connectivity index (χ1n) is 3.61. The smallest absolute Gasteiger partial charge is 0.304 e. The number of amides is 1. The number of rotatable bonds is 2. The number of para-hydroxylation sites is 1. The van der Waals surface area contributed by atoms with E-state index in [1.807, 2.05) is 18.2 Å². The molecule has 1 amide bonds. The van der Waals surface area contributed by atoms with Crippen LogP contribution in [0, 0.1) is 6.57 Å². The molecule has 4 heteroatoms. The van der Waals surface area contributed by atoms with E-state index in [9.17, 15) is 4.79 Å². The molecule has 0 saturated carbocycles. The Kier molecular flexibility index (Phi) is 3.47. The second kappa shape index (κ2) is 4.63. The highest BCUT2D eigenvalue weighted by Crippen LogP contribution is 2.20. The fourth-order valence-electron chi connectivity index (χ4n) is 0.824. The molecule has 0 aromatic heterocycles. The zero-order valence-corrected chi connectivity index (χ0v) is 8.34. The molecule has 1 aromatic rings. The van der Waals surface area contributed by atoms with Gasteiger partial charge in [0.25, 0.3) is 6.54 Å². The zero-order chi connectivity index (χ0) is 9.68. The predicted octanol–water partition coefficient (Wildman–Crippen LogP) is 2.31. The third-order valence-corrected chi connectivity index (χ3v) is 2.06. The van der Waals surface area contributed by atoms with E-state index in [0.717, 1.165) is 4.47 Å². The summed E-state index contributed by atoms with van der Waals surface area (Å²) in [6.07, 6.45) is 0. The molecule has 0 bridgehead atoms. The van der Waals surface area contributed by atoms with Crippen LogP contribution < -0.4 is 5.32 Å². The van der Waals surface area contributed by atoms with Crippen LogP contribution in [-0.2, 0) is 4.79 Å². The van der Waals surface area contributed by atoms with Gasteiger partial charge in [-0.3, -0.25) is 4.79 Å². The summed E-state index contributed by atoms with van der Waals surface area (Å²) in [4.78, 5) is 14.0. The molecule has 0 atom stereocenters. The molecule has 0 unspecified atom stereocenters. The van der Waals surface area contributed by atoms with Gasteiger partial charge in [0.15, 0.2) is 0 Å². The maximum absolute atomic E-state index is 11.0. The normalized spacial score (nSPS) is 8.92. The third kappa shape index (κ3) is 2.88. The first-order valence-corrected chi connectivity index (χ1v) is 4.41. The molecule has 1 rings (SSSR count). The Morgan fingerprint density at radius 1 is 1.54 bits per heavy atom. The van der Waals surface area contributed by atoms with E-state index in [1.54, 1.807) is 6.07 Å². The number of carbonyl (C=O) groups is 1. The van der Waals surface area contributed by atoms with Gasteiger partial charge in [0.05, 0.1) is 5.69 Å². The van der Waals surface area contributed by atoms with Crippen LogP contribution in [0.1, 0.15) is 0 Å². The van der Waals surface area contributed by atoms with E-state index >= 15 is 0 Å². The standard InChI is InChI=1S/C9H7BrN2O/c1-11-6-9(13)12-8-5-3-2-4-7(8)10/h2-5H,6H2,(H,12,13). The third-order valence-electron chi connectivity index (χ3n) is 1.37. The number of hydrogen-bond donors (Lipinski definition) is 1. The van der Waals surface area contributed by atoms with E-state index in [2.05, 4.69) is 26.1 Å². The summed E-state index contributed by atoms with van der Waals surface area (Å²) in [5, 5.41) is 2.61. The molecule has 0 aliphatic heterocycles. The number of hydrogen-bond acceptors (Lipinski definition) is 1. The summed E-state index contributed by atoms with van der Waals surface area (Å²) < 4.78 is 0.813. The van der Waals surface area contributed by atoms with Crippen molar-refractivity contribution in [2.45, 2.75) is 0 Å². The first-order chi connectivity index (χ1) is 6.24. The van der Waals surface area contributed by atoms with Gasteiger partial charge in [-0.05, 0) is 28.1 Å². The van der Waals surface area contributed by atoms with E-state index in [-0.39, 0.29) is 12.5 Å². The van der Waals surface area contributed by atoms with Crippen LogP contribution in [0.25, 0.3) is 4.85 Å².